The third-order valence-corrected chi connectivity index (χ3v) is 4.83. The lowest BCUT2D eigenvalue weighted by Gasteiger charge is -2.37. The average Bonchev–Trinajstić information content (AvgIpc) is 2.76. The van der Waals surface area contributed by atoms with Gasteiger partial charge in [-0.05, 0) is 24.1 Å². The first-order valence-corrected chi connectivity index (χ1v) is 11.9. The summed E-state index contributed by atoms with van der Waals surface area (Å²) < 4.78 is 85.0. The van der Waals surface area contributed by atoms with Crippen molar-refractivity contribution in [3.63, 3.8) is 0 Å². The third-order valence-electron chi connectivity index (χ3n) is 4.83. The number of aromatic nitrogens is 1. The summed E-state index contributed by atoms with van der Waals surface area (Å²) >= 11 is 0. The van der Waals surface area contributed by atoms with Gasteiger partial charge in [0.05, 0.1) is 12.8 Å². The molecule has 3 rings (SSSR count). The fourth-order valence-corrected chi connectivity index (χ4v) is 3.10. The Morgan fingerprint density at radius 2 is 1.82 bits per heavy atom. The number of pyridine rings is 1. The second kappa shape index (κ2) is 12.0. The minimum Gasteiger partial charge on any atom is -0.445 e. The second-order valence-corrected chi connectivity index (χ2v) is 9.08. The summed E-state index contributed by atoms with van der Waals surface area (Å²) in [5.41, 5.74) is 1.07. The number of nitrogens with one attached hydrogen (secondary N) is 1. The molecule has 0 saturated carbocycles. The number of carbonyl (C=O) groups excluding carboxylic acids is 1. The lowest BCUT2D eigenvalue weighted by atomic mass is 9.93. The van der Waals surface area contributed by atoms with Crippen molar-refractivity contribution in [1.82, 2.24) is 9.88 Å². The highest BCUT2D eigenvalue weighted by molar-refractivity contribution is 7.85. The van der Waals surface area contributed by atoms with Crippen molar-refractivity contribution >= 4 is 21.9 Å². The molecule has 2 N–H and O–H groups in total. The quantitative estimate of drug-likeness (QED) is 0.445. The van der Waals surface area contributed by atoms with Crippen LogP contribution in [0.4, 0.5) is 28.0 Å². The zero-order valence-corrected chi connectivity index (χ0v) is 19.0. The normalized spacial score (nSPS) is 17.5. The zero-order valence-electron chi connectivity index (χ0n) is 18.2. The highest BCUT2D eigenvalue weighted by Gasteiger charge is 2.46. The van der Waals surface area contributed by atoms with Crippen molar-refractivity contribution in [3.05, 3.63) is 59.9 Å². The highest BCUT2D eigenvalue weighted by atomic mass is 32.2. The maximum atomic E-state index is 14.5. The van der Waals surface area contributed by atoms with E-state index in [0.29, 0.717) is 17.5 Å². The Balaban J connectivity index is 0.000000739. The van der Waals surface area contributed by atoms with E-state index in [0.717, 1.165) is 4.90 Å². The predicted octanol–water partition coefficient (Wildman–Crippen LogP) is 4.23. The van der Waals surface area contributed by atoms with E-state index in [-0.39, 0.29) is 31.7 Å². The van der Waals surface area contributed by atoms with E-state index in [1.807, 2.05) is 0 Å². The van der Waals surface area contributed by atoms with Crippen molar-refractivity contribution in [2.24, 2.45) is 5.92 Å². The molecule has 0 spiro atoms. The molecule has 0 bridgehead atoms. The molecular formula is C21H25F4N3O5S. The van der Waals surface area contributed by atoms with E-state index in [2.05, 4.69) is 10.3 Å². The van der Waals surface area contributed by atoms with E-state index in [1.165, 1.54) is 24.3 Å². The Morgan fingerprint density at radius 3 is 2.35 bits per heavy atom. The number of amides is 1. The standard InChI is InChI=1S/C20H21F4N3O2.CH4O3S/c21-18(22)15-3-1-14(2-4-15)12-29-19(28)27-10-7-16(20(23,24)13-27)11-26-17-5-8-25-9-6-17;1-5(2,3)4/h1-6,8-9,16,18H,7,10-13H2,(H,25,26);1H3,(H,2,3,4)/t16-;/m1./s1. The van der Waals surface area contributed by atoms with Gasteiger partial charge in [0, 0.05) is 42.7 Å². The molecule has 188 valence electrons. The molecule has 1 aromatic heterocycles. The van der Waals surface area contributed by atoms with Crippen LogP contribution < -0.4 is 5.32 Å². The number of hydrogen-bond acceptors (Lipinski definition) is 6. The van der Waals surface area contributed by atoms with E-state index < -0.39 is 41.0 Å². The van der Waals surface area contributed by atoms with Crippen LogP contribution in [0.3, 0.4) is 0 Å². The molecule has 1 amide bonds. The van der Waals surface area contributed by atoms with Crippen LogP contribution in [0.2, 0.25) is 0 Å². The SMILES string of the molecule is CS(=O)(=O)O.O=C(OCc1ccc(C(F)F)cc1)N1CC[C@H](CNc2ccncc2)C(F)(F)C1. The van der Waals surface area contributed by atoms with Gasteiger partial charge in [-0.25, -0.2) is 22.4 Å². The van der Waals surface area contributed by atoms with Crippen LogP contribution >= 0.6 is 0 Å². The summed E-state index contributed by atoms with van der Waals surface area (Å²) in [5, 5.41) is 2.97. The lowest BCUT2D eigenvalue weighted by Crippen LogP contribution is -2.52. The fraction of sp³-hybridized carbons (Fsp3) is 0.429. The molecule has 1 aliphatic heterocycles. The molecule has 0 aliphatic carbocycles. The minimum atomic E-state index is -3.67. The number of likely N-dealkylation sites (tertiary alicyclic amines) is 1. The number of rotatable bonds is 6. The van der Waals surface area contributed by atoms with Crippen LogP contribution in [0.15, 0.2) is 48.8 Å². The number of halogens is 4. The first-order valence-electron chi connectivity index (χ1n) is 10.1. The largest absolute Gasteiger partial charge is 0.445 e. The van der Waals surface area contributed by atoms with Crippen molar-refractivity contribution in [3.8, 4) is 0 Å². The van der Waals surface area contributed by atoms with Crippen molar-refractivity contribution in [1.29, 1.82) is 0 Å². The molecule has 34 heavy (non-hydrogen) atoms. The van der Waals surface area contributed by atoms with Gasteiger partial charge >= 0.3 is 6.09 Å². The molecule has 0 radical (unpaired) electrons. The number of ether oxygens (including phenoxy) is 1. The van der Waals surface area contributed by atoms with Gasteiger partial charge in [0.2, 0.25) is 0 Å². The van der Waals surface area contributed by atoms with Gasteiger partial charge in [-0.2, -0.15) is 8.42 Å². The molecule has 1 saturated heterocycles. The minimum absolute atomic E-state index is 0.0797. The fourth-order valence-electron chi connectivity index (χ4n) is 3.10. The van der Waals surface area contributed by atoms with Crippen LogP contribution in [-0.4, -0.2) is 60.8 Å². The van der Waals surface area contributed by atoms with Gasteiger partial charge in [0.15, 0.2) is 0 Å². The lowest BCUT2D eigenvalue weighted by molar-refractivity contribution is -0.101. The first kappa shape index (κ1) is 27.3. The number of nitrogens with zero attached hydrogens (tertiary/aromatic N) is 2. The molecular weight excluding hydrogens is 482 g/mol. The Kier molecular flexibility index (Phi) is 9.62. The number of carbonyl (C=O) groups is 1. The van der Waals surface area contributed by atoms with Crippen molar-refractivity contribution in [2.75, 3.05) is 31.2 Å². The van der Waals surface area contributed by atoms with E-state index in [9.17, 15) is 30.8 Å². The molecule has 2 heterocycles. The monoisotopic (exact) mass is 507 g/mol. The van der Waals surface area contributed by atoms with Crippen LogP contribution in [-0.2, 0) is 21.5 Å². The maximum Gasteiger partial charge on any atom is 0.410 e. The molecule has 13 heteroatoms. The molecule has 1 aliphatic rings. The van der Waals surface area contributed by atoms with Crippen molar-refractivity contribution < 1.29 is 40.1 Å². The summed E-state index contributed by atoms with van der Waals surface area (Å²) in [7, 11) is -3.67. The topological polar surface area (TPSA) is 109 Å². The van der Waals surface area contributed by atoms with Gasteiger partial charge in [0.1, 0.15) is 6.61 Å². The van der Waals surface area contributed by atoms with Crippen LogP contribution in [0.5, 0.6) is 0 Å². The Labute approximate surface area is 194 Å². The van der Waals surface area contributed by atoms with Crippen molar-refractivity contribution in [2.45, 2.75) is 25.4 Å². The average molecular weight is 508 g/mol. The van der Waals surface area contributed by atoms with Gasteiger partial charge in [0.25, 0.3) is 22.5 Å². The van der Waals surface area contributed by atoms with Gasteiger partial charge in [-0.15, -0.1) is 0 Å². The summed E-state index contributed by atoms with van der Waals surface area (Å²) in [6, 6.07) is 8.70. The molecule has 1 atom stereocenters. The molecule has 1 aromatic carbocycles. The summed E-state index contributed by atoms with van der Waals surface area (Å²) in [4.78, 5) is 17.0. The Morgan fingerprint density at radius 1 is 1.24 bits per heavy atom. The number of alkyl halides is 4. The van der Waals surface area contributed by atoms with Gasteiger partial charge in [-0.3, -0.25) is 9.54 Å². The van der Waals surface area contributed by atoms with E-state index >= 15 is 0 Å². The number of anilines is 1. The van der Waals surface area contributed by atoms with Gasteiger partial charge in [-0.1, -0.05) is 24.3 Å². The predicted molar refractivity (Wildman–Crippen MR) is 116 cm³/mol. The van der Waals surface area contributed by atoms with Crippen LogP contribution in [0, 0.1) is 5.92 Å². The summed E-state index contributed by atoms with van der Waals surface area (Å²) in [6.45, 7) is -0.659. The number of benzene rings is 1. The molecule has 8 nitrogen and oxygen atoms in total. The third kappa shape index (κ3) is 9.51. The van der Waals surface area contributed by atoms with E-state index in [4.69, 9.17) is 9.29 Å². The smallest absolute Gasteiger partial charge is 0.410 e. The molecule has 2 aromatic rings. The zero-order chi connectivity index (χ0) is 25.4. The Hall–Kier alpha value is -2.93. The van der Waals surface area contributed by atoms with Gasteiger partial charge < -0.3 is 15.0 Å². The number of piperidine rings is 1. The maximum absolute atomic E-state index is 14.5. The molecule has 0 unspecified atom stereocenters. The first-order chi connectivity index (χ1) is 15.8. The van der Waals surface area contributed by atoms with Crippen LogP contribution in [0.1, 0.15) is 24.0 Å². The van der Waals surface area contributed by atoms with Crippen LogP contribution in [0.25, 0.3) is 0 Å². The number of hydrogen-bond donors (Lipinski definition) is 2. The summed E-state index contributed by atoms with van der Waals surface area (Å²) in [6.07, 6.45) is 0.558. The summed E-state index contributed by atoms with van der Waals surface area (Å²) in [5.74, 6) is -3.97. The Bertz CT molecular complexity index is 1020. The highest BCUT2D eigenvalue weighted by Crippen LogP contribution is 2.33. The van der Waals surface area contributed by atoms with E-state index in [1.54, 1.807) is 24.5 Å². The molecule has 1 fully saturated rings. The second-order valence-electron chi connectivity index (χ2n) is 7.61.